The van der Waals surface area contributed by atoms with Crippen molar-refractivity contribution in [3.8, 4) is 17.0 Å². The molecule has 0 aliphatic heterocycles. The van der Waals surface area contributed by atoms with Crippen molar-refractivity contribution in [3.05, 3.63) is 39.2 Å². The van der Waals surface area contributed by atoms with Gasteiger partial charge in [-0.25, -0.2) is 4.98 Å². The smallest absolute Gasteiger partial charge is 0.179 e. The number of benzene rings is 1. The van der Waals surface area contributed by atoms with Crippen molar-refractivity contribution in [1.29, 1.82) is 0 Å². The molecule has 0 bridgehead atoms. The van der Waals surface area contributed by atoms with Gasteiger partial charge in [-0.2, -0.15) is 0 Å². The highest BCUT2D eigenvalue weighted by molar-refractivity contribution is 7.71. The highest BCUT2D eigenvalue weighted by Crippen LogP contribution is 2.34. The maximum Gasteiger partial charge on any atom is 0.179 e. The molecule has 1 aromatic carbocycles. The molecular formula is C11H8Cl2N2OS. The van der Waals surface area contributed by atoms with Gasteiger partial charge in [0.05, 0.1) is 24.2 Å². The molecule has 0 radical (unpaired) electrons. The molecule has 17 heavy (non-hydrogen) atoms. The van der Waals surface area contributed by atoms with E-state index in [4.69, 9.17) is 40.2 Å². The molecule has 0 aliphatic carbocycles. The lowest BCUT2D eigenvalue weighted by Crippen LogP contribution is -1.94. The molecule has 1 aromatic heterocycles. The highest BCUT2D eigenvalue weighted by Gasteiger charge is 2.11. The molecule has 2 aromatic rings. The molecule has 0 spiro atoms. The van der Waals surface area contributed by atoms with Gasteiger partial charge in [0.25, 0.3) is 0 Å². The second kappa shape index (κ2) is 5.04. The van der Waals surface area contributed by atoms with E-state index in [1.165, 1.54) is 13.4 Å². The zero-order valence-electron chi connectivity index (χ0n) is 8.83. The molecule has 0 saturated heterocycles. The normalized spacial score (nSPS) is 10.3. The topological polar surface area (TPSA) is 37.9 Å². The Morgan fingerprint density at radius 1 is 1.35 bits per heavy atom. The van der Waals surface area contributed by atoms with Crippen LogP contribution in [-0.2, 0) is 0 Å². The Labute approximate surface area is 113 Å². The summed E-state index contributed by atoms with van der Waals surface area (Å²) in [7, 11) is 1.54. The summed E-state index contributed by atoms with van der Waals surface area (Å²) < 4.78 is 5.61. The Morgan fingerprint density at radius 2 is 2.12 bits per heavy atom. The summed E-state index contributed by atoms with van der Waals surface area (Å²) in [4.78, 5) is 6.92. The van der Waals surface area contributed by atoms with Crippen LogP contribution in [-0.4, -0.2) is 17.1 Å². The Bertz CT molecular complexity index is 613. The highest BCUT2D eigenvalue weighted by atomic mass is 35.5. The predicted octanol–water partition coefficient (Wildman–Crippen LogP) is 4.12. The SMILES string of the molecule is COc1c(-c2ccc(Cl)cc2Cl)[nH]cnc1=S. The molecule has 0 fully saturated rings. The largest absolute Gasteiger partial charge is 0.491 e. The average molecular weight is 287 g/mol. The van der Waals surface area contributed by atoms with E-state index in [-0.39, 0.29) is 0 Å². The third-order valence-electron chi connectivity index (χ3n) is 2.22. The van der Waals surface area contributed by atoms with Gasteiger partial charge in [-0.1, -0.05) is 35.4 Å². The molecule has 6 heteroatoms. The van der Waals surface area contributed by atoms with E-state index in [0.29, 0.717) is 26.1 Å². The lowest BCUT2D eigenvalue weighted by Gasteiger charge is -2.09. The molecule has 88 valence electrons. The zero-order chi connectivity index (χ0) is 12.4. The van der Waals surface area contributed by atoms with E-state index < -0.39 is 0 Å². The number of nitrogens with one attached hydrogen (secondary N) is 1. The third-order valence-corrected chi connectivity index (χ3v) is 3.06. The fraction of sp³-hybridized carbons (Fsp3) is 0.0909. The molecule has 0 unspecified atom stereocenters. The minimum absolute atomic E-state index is 0.382. The summed E-state index contributed by atoms with van der Waals surface area (Å²) in [5.41, 5.74) is 1.45. The van der Waals surface area contributed by atoms with Gasteiger partial charge < -0.3 is 9.72 Å². The van der Waals surface area contributed by atoms with E-state index >= 15 is 0 Å². The first-order valence-corrected chi connectivity index (χ1v) is 5.87. The standard InChI is InChI=1S/C11H8Cl2N2OS/c1-16-10-9(14-5-15-11(10)17)7-3-2-6(12)4-8(7)13/h2-5H,1H3,(H,14,15,17). The van der Waals surface area contributed by atoms with Crippen LogP contribution < -0.4 is 4.74 Å². The Balaban J connectivity index is 2.68. The number of aromatic nitrogens is 2. The summed E-state index contributed by atoms with van der Waals surface area (Å²) in [5, 5.41) is 1.10. The number of nitrogens with zero attached hydrogens (tertiary/aromatic N) is 1. The number of hydrogen-bond donors (Lipinski definition) is 1. The van der Waals surface area contributed by atoms with E-state index in [1.807, 2.05) is 0 Å². The van der Waals surface area contributed by atoms with Crippen molar-refractivity contribution in [2.45, 2.75) is 0 Å². The summed E-state index contributed by atoms with van der Waals surface area (Å²) in [6.07, 6.45) is 1.51. The van der Waals surface area contributed by atoms with E-state index in [1.54, 1.807) is 18.2 Å². The van der Waals surface area contributed by atoms with Crippen LogP contribution in [0.15, 0.2) is 24.5 Å². The monoisotopic (exact) mass is 286 g/mol. The van der Waals surface area contributed by atoms with E-state index in [9.17, 15) is 0 Å². The molecule has 1 heterocycles. The van der Waals surface area contributed by atoms with Gasteiger partial charge >= 0.3 is 0 Å². The van der Waals surface area contributed by atoms with Crippen LogP contribution >= 0.6 is 35.4 Å². The summed E-state index contributed by atoms with van der Waals surface area (Å²) >= 11 is 17.1. The van der Waals surface area contributed by atoms with Crippen LogP contribution in [0.5, 0.6) is 5.75 Å². The number of H-pyrrole nitrogens is 1. The number of ether oxygens (including phenoxy) is 1. The van der Waals surface area contributed by atoms with Gasteiger partial charge in [-0.15, -0.1) is 0 Å². The zero-order valence-corrected chi connectivity index (χ0v) is 11.2. The van der Waals surface area contributed by atoms with Crippen LogP contribution in [0.1, 0.15) is 0 Å². The van der Waals surface area contributed by atoms with Crippen molar-refractivity contribution >= 4 is 35.4 Å². The number of aromatic amines is 1. The van der Waals surface area contributed by atoms with Crippen LogP contribution in [0.2, 0.25) is 10.0 Å². The second-order valence-corrected chi connectivity index (χ2v) is 4.47. The van der Waals surface area contributed by atoms with E-state index in [2.05, 4.69) is 9.97 Å². The molecule has 3 nitrogen and oxygen atoms in total. The number of halogens is 2. The first kappa shape index (κ1) is 12.4. The molecule has 0 atom stereocenters. The van der Waals surface area contributed by atoms with Crippen molar-refractivity contribution in [2.75, 3.05) is 7.11 Å². The maximum absolute atomic E-state index is 6.13. The first-order valence-electron chi connectivity index (χ1n) is 4.70. The first-order chi connectivity index (χ1) is 8.13. The lowest BCUT2D eigenvalue weighted by molar-refractivity contribution is 0.411. The molecule has 0 amide bonds. The average Bonchev–Trinajstić information content (AvgIpc) is 2.29. The van der Waals surface area contributed by atoms with Crippen molar-refractivity contribution in [1.82, 2.24) is 9.97 Å². The van der Waals surface area contributed by atoms with Crippen LogP contribution in [0, 0.1) is 4.64 Å². The van der Waals surface area contributed by atoms with Crippen LogP contribution in [0.3, 0.4) is 0 Å². The molecule has 1 N–H and O–H groups in total. The second-order valence-electron chi connectivity index (χ2n) is 3.24. The van der Waals surface area contributed by atoms with Gasteiger partial charge in [0.1, 0.15) is 0 Å². The fourth-order valence-electron chi connectivity index (χ4n) is 1.47. The molecular weight excluding hydrogens is 279 g/mol. The predicted molar refractivity (Wildman–Crippen MR) is 71.4 cm³/mol. The molecule has 0 aliphatic rings. The van der Waals surface area contributed by atoms with Gasteiger partial charge in [0, 0.05) is 10.6 Å². The van der Waals surface area contributed by atoms with Crippen LogP contribution in [0.4, 0.5) is 0 Å². The third kappa shape index (κ3) is 2.44. The molecule has 0 saturated carbocycles. The summed E-state index contributed by atoms with van der Waals surface area (Å²) in [5.74, 6) is 0.492. The van der Waals surface area contributed by atoms with E-state index in [0.717, 1.165) is 5.56 Å². The van der Waals surface area contributed by atoms with Gasteiger partial charge in [-0.05, 0) is 18.2 Å². The minimum atomic E-state index is 0.382. The summed E-state index contributed by atoms with van der Waals surface area (Å²) in [6, 6.07) is 5.21. The van der Waals surface area contributed by atoms with Crippen LogP contribution in [0.25, 0.3) is 11.3 Å². The quantitative estimate of drug-likeness (QED) is 0.844. The Hall–Kier alpha value is -1.10. The maximum atomic E-state index is 6.13. The minimum Gasteiger partial charge on any atom is -0.491 e. The fourth-order valence-corrected chi connectivity index (χ4v) is 2.21. The lowest BCUT2D eigenvalue weighted by atomic mass is 10.1. The van der Waals surface area contributed by atoms with Crippen molar-refractivity contribution in [2.24, 2.45) is 0 Å². The van der Waals surface area contributed by atoms with Crippen molar-refractivity contribution < 1.29 is 4.74 Å². The summed E-state index contributed by atoms with van der Waals surface area (Å²) in [6.45, 7) is 0. The number of hydrogen-bond acceptors (Lipinski definition) is 3. The Morgan fingerprint density at radius 3 is 2.76 bits per heavy atom. The Kier molecular flexibility index (Phi) is 3.66. The van der Waals surface area contributed by atoms with Gasteiger partial charge in [0.15, 0.2) is 10.4 Å². The number of methoxy groups -OCH3 is 1. The van der Waals surface area contributed by atoms with Crippen molar-refractivity contribution in [3.63, 3.8) is 0 Å². The molecule has 2 rings (SSSR count). The number of rotatable bonds is 2. The van der Waals surface area contributed by atoms with Gasteiger partial charge in [-0.3, -0.25) is 0 Å². The van der Waals surface area contributed by atoms with Gasteiger partial charge in [0.2, 0.25) is 0 Å².